The van der Waals surface area contributed by atoms with Crippen molar-refractivity contribution in [1.29, 1.82) is 0 Å². The Labute approximate surface area is 125 Å². The number of hydrogen-bond donors (Lipinski definition) is 1. The molecule has 0 amide bonds. The number of rotatable bonds is 4. The highest BCUT2D eigenvalue weighted by Gasteiger charge is 2.32. The molecular formula is C16H14F3NO2. The Morgan fingerprint density at radius 3 is 2.50 bits per heavy atom. The van der Waals surface area contributed by atoms with E-state index in [2.05, 4.69) is 0 Å². The van der Waals surface area contributed by atoms with Crippen LogP contribution in [0.4, 0.5) is 18.9 Å². The van der Waals surface area contributed by atoms with Gasteiger partial charge < -0.3 is 10.5 Å². The Balaban J connectivity index is 2.53. The summed E-state index contributed by atoms with van der Waals surface area (Å²) in [4.78, 5) is 12.5. The van der Waals surface area contributed by atoms with E-state index in [-0.39, 0.29) is 23.5 Å². The molecule has 0 heterocycles. The monoisotopic (exact) mass is 309 g/mol. The maximum Gasteiger partial charge on any atom is 0.416 e. The van der Waals surface area contributed by atoms with Gasteiger partial charge in [0.1, 0.15) is 5.75 Å². The predicted octanol–water partition coefficient (Wildman–Crippen LogP) is 3.92. The Morgan fingerprint density at radius 2 is 1.91 bits per heavy atom. The van der Waals surface area contributed by atoms with E-state index < -0.39 is 17.5 Å². The number of nitrogens with two attached hydrogens (primary N) is 1. The van der Waals surface area contributed by atoms with Gasteiger partial charge in [0.05, 0.1) is 17.7 Å². The van der Waals surface area contributed by atoms with Crippen molar-refractivity contribution in [3.05, 3.63) is 59.2 Å². The second-order valence-corrected chi connectivity index (χ2v) is 4.60. The van der Waals surface area contributed by atoms with Crippen molar-refractivity contribution in [1.82, 2.24) is 0 Å². The molecule has 0 saturated heterocycles. The molecular weight excluding hydrogens is 295 g/mol. The minimum atomic E-state index is -4.53. The molecule has 0 unspecified atom stereocenters. The van der Waals surface area contributed by atoms with Gasteiger partial charge in [-0.1, -0.05) is 12.1 Å². The summed E-state index contributed by atoms with van der Waals surface area (Å²) in [5.74, 6) is -0.454. The smallest absolute Gasteiger partial charge is 0.416 e. The van der Waals surface area contributed by atoms with E-state index in [1.807, 2.05) is 0 Å². The summed E-state index contributed by atoms with van der Waals surface area (Å²) >= 11 is 0. The van der Waals surface area contributed by atoms with E-state index in [4.69, 9.17) is 10.5 Å². The quantitative estimate of drug-likeness (QED) is 0.688. The van der Waals surface area contributed by atoms with Gasteiger partial charge in [0.2, 0.25) is 0 Å². The van der Waals surface area contributed by atoms with E-state index in [1.165, 1.54) is 12.1 Å². The van der Waals surface area contributed by atoms with Crippen LogP contribution < -0.4 is 10.5 Å². The molecule has 0 atom stereocenters. The van der Waals surface area contributed by atoms with Gasteiger partial charge in [-0.25, -0.2) is 0 Å². The summed E-state index contributed by atoms with van der Waals surface area (Å²) < 4.78 is 43.8. The number of carbonyl (C=O) groups is 1. The van der Waals surface area contributed by atoms with Crippen molar-refractivity contribution in [3.63, 3.8) is 0 Å². The van der Waals surface area contributed by atoms with E-state index >= 15 is 0 Å². The second kappa shape index (κ2) is 6.09. The third-order valence-electron chi connectivity index (χ3n) is 3.00. The van der Waals surface area contributed by atoms with Crippen LogP contribution >= 0.6 is 0 Å². The Kier molecular flexibility index (Phi) is 4.40. The highest BCUT2D eigenvalue weighted by Crippen LogP contribution is 2.33. The molecule has 2 N–H and O–H groups in total. The lowest BCUT2D eigenvalue weighted by molar-refractivity contribution is -0.137. The normalized spacial score (nSPS) is 11.3. The molecule has 0 aromatic heterocycles. The van der Waals surface area contributed by atoms with Crippen LogP contribution in [0.5, 0.6) is 5.75 Å². The van der Waals surface area contributed by atoms with Gasteiger partial charge in [0, 0.05) is 11.3 Å². The summed E-state index contributed by atoms with van der Waals surface area (Å²) in [6, 6.07) is 8.92. The Morgan fingerprint density at radius 1 is 1.18 bits per heavy atom. The first-order valence-electron chi connectivity index (χ1n) is 6.57. The Bertz CT molecular complexity index is 696. The molecule has 2 aromatic rings. The highest BCUT2D eigenvalue weighted by atomic mass is 19.4. The van der Waals surface area contributed by atoms with Crippen LogP contribution in [0.3, 0.4) is 0 Å². The van der Waals surface area contributed by atoms with Crippen molar-refractivity contribution in [2.75, 3.05) is 12.3 Å². The van der Waals surface area contributed by atoms with Gasteiger partial charge in [0.15, 0.2) is 5.78 Å². The van der Waals surface area contributed by atoms with Crippen molar-refractivity contribution in [3.8, 4) is 5.75 Å². The van der Waals surface area contributed by atoms with Gasteiger partial charge in [-0.2, -0.15) is 13.2 Å². The number of alkyl halides is 3. The molecule has 0 spiro atoms. The third-order valence-corrected chi connectivity index (χ3v) is 3.00. The first-order chi connectivity index (χ1) is 10.3. The molecule has 0 aliphatic heterocycles. The molecule has 116 valence electrons. The molecule has 0 saturated carbocycles. The maximum atomic E-state index is 12.8. The minimum Gasteiger partial charge on any atom is -0.493 e. The van der Waals surface area contributed by atoms with Crippen LogP contribution in [0.25, 0.3) is 0 Å². The number of halogens is 3. The number of anilines is 1. The fourth-order valence-corrected chi connectivity index (χ4v) is 2.00. The fourth-order valence-electron chi connectivity index (χ4n) is 2.00. The first kappa shape index (κ1) is 15.9. The standard InChI is InChI=1S/C16H14F3NO2/c1-2-22-14-7-6-11(16(17,18)19)9-13(14)15(21)10-4-3-5-12(20)8-10/h3-9H,2,20H2,1H3. The number of ether oxygens (including phenoxy) is 1. The SMILES string of the molecule is CCOc1ccc(C(F)(F)F)cc1C(=O)c1cccc(N)c1. The number of nitrogen functional groups attached to an aromatic ring is 1. The van der Waals surface area contributed by atoms with E-state index in [1.54, 1.807) is 19.1 Å². The van der Waals surface area contributed by atoms with Crippen LogP contribution in [-0.2, 0) is 6.18 Å². The zero-order chi connectivity index (χ0) is 16.3. The zero-order valence-electron chi connectivity index (χ0n) is 11.8. The van der Waals surface area contributed by atoms with Crippen molar-refractivity contribution >= 4 is 11.5 Å². The number of hydrogen-bond acceptors (Lipinski definition) is 3. The summed E-state index contributed by atoms with van der Waals surface area (Å²) in [5.41, 5.74) is 5.14. The van der Waals surface area contributed by atoms with Crippen molar-refractivity contribution in [2.45, 2.75) is 13.1 Å². The summed E-state index contributed by atoms with van der Waals surface area (Å²) in [6.07, 6.45) is -4.53. The van der Waals surface area contributed by atoms with Crippen LogP contribution in [0.15, 0.2) is 42.5 Å². The van der Waals surface area contributed by atoms with Crippen LogP contribution in [-0.4, -0.2) is 12.4 Å². The summed E-state index contributed by atoms with van der Waals surface area (Å²) in [7, 11) is 0. The number of carbonyl (C=O) groups excluding carboxylic acids is 1. The summed E-state index contributed by atoms with van der Waals surface area (Å²) in [6.45, 7) is 1.93. The van der Waals surface area contributed by atoms with Gasteiger partial charge in [-0.15, -0.1) is 0 Å². The first-order valence-corrected chi connectivity index (χ1v) is 6.57. The van der Waals surface area contributed by atoms with Gasteiger partial charge in [0.25, 0.3) is 0 Å². The van der Waals surface area contributed by atoms with Crippen molar-refractivity contribution < 1.29 is 22.7 Å². The van der Waals surface area contributed by atoms with E-state index in [0.717, 1.165) is 18.2 Å². The molecule has 2 rings (SSSR count). The number of ketones is 1. The lowest BCUT2D eigenvalue weighted by Gasteiger charge is -2.13. The van der Waals surface area contributed by atoms with Gasteiger partial charge >= 0.3 is 6.18 Å². The summed E-state index contributed by atoms with van der Waals surface area (Å²) in [5, 5.41) is 0. The van der Waals surface area contributed by atoms with E-state index in [9.17, 15) is 18.0 Å². The van der Waals surface area contributed by atoms with Crippen LogP contribution in [0.2, 0.25) is 0 Å². The molecule has 0 bridgehead atoms. The molecule has 2 aromatic carbocycles. The largest absolute Gasteiger partial charge is 0.493 e. The van der Waals surface area contributed by atoms with E-state index in [0.29, 0.717) is 5.69 Å². The molecule has 0 aliphatic rings. The Hall–Kier alpha value is -2.50. The highest BCUT2D eigenvalue weighted by molar-refractivity contribution is 6.11. The average Bonchev–Trinajstić information content (AvgIpc) is 2.46. The van der Waals surface area contributed by atoms with Gasteiger partial charge in [-0.05, 0) is 37.3 Å². The lowest BCUT2D eigenvalue weighted by atomic mass is 9.99. The second-order valence-electron chi connectivity index (χ2n) is 4.60. The lowest BCUT2D eigenvalue weighted by Crippen LogP contribution is -2.10. The molecule has 3 nitrogen and oxygen atoms in total. The molecule has 0 aliphatic carbocycles. The molecule has 6 heteroatoms. The predicted molar refractivity (Wildman–Crippen MR) is 76.9 cm³/mol. The maximum absolute atomic E-state index is 12.8. The van der Waals surface area contributed by atoms with Gasteiger partial charge in [-0.3, -0.25) is 4.79 Å². The minimum absolute atomic E-state index is 0.114. The molecule has 0 radical (unpaired) electrons. The topological polar surface area (TPSA) is 52.3 Å². The average molecular weight is 309 g/mol. The fraction of sp³-hybridized carbons (Fsp3) is 0.188. The molecule has 0 fully saturated rings. The van der Waals surface area contributed by atoms with Crippen LogP contribution in [0.1, 0.15) is 28.4 Å². The number of benzene rings is 2. The van der Waals surface area contributed by atoms with Crippen molar-refractivity contribution in [2.24, 2.45) is 0 Å². The third kappa shape index (κ3) is 3.39. The van der Waals surface area contributed by atoms with Crippen LogP contribution in [0, 0.1) is 0 Å². The molecule has 22 heavy (non-hydrogen) atoms. The zero-order valence-corrected chi connectivity index (χ0v) is 11.8.